The Bertz CT molecular complexity index is 509. The molecule has 0 aliphatic rings. The lowest BCUT2D eigenvalue weighted by atomic mass is 10.0. The minimum atomic E-state index is -0.268. The number of anilines is 1. The minimum absolute atomic E-state index is 0.268. The Morgan fingerprint density at radius 2 is 1.88 bits per heavy atom. The molecule has 0 atom stereocenters. The minimum Gasteiger partial charge on any atom is -0.398 e. The van der Waals surface area contributed by atoms with Gasteiger partial charge in [0.1, 0.15) is 5.82 Å². The van der Waals surface area contributed by atoms with Crippen LogP contribution in [0, 0.1) is 5.82 Å². The topological polar surface area (TPSA) is 52.0 Å². The molecule has 0 aliphatic heterocycles. The van der Waals surface area contributed by atoms with Gasteiger partial charge in [-0.25, -0.2) is 4.39 Å². The average molecular weight is 216 g/mol. The Kier molecular flexibility index (Phi) is 2.88. The maximum atomic E-state index is 13.1. The van der Waals surface area contributed by atoms with E-state index in [1.54, 1.807) is 12.1 Å². The lowest BCUT2D eigenvalue weighted by molar-refractivity contribution is 0.628. The monoisotopic (exact) mass is 216 g/mol. The van der Waals surface area contributed by atoms with Crippen LogP contribution < -0.4 is 11.5 Å². The SMILES string of the molecule is NCc1ccc(N)c(-c2cccc(F)c2)c1. The number of benzene rings is 2. The number of rotatable bonds is 2. The molecule has 0 heterocycles. The van der Waals surface area contributed by atoms with Crippen LogP contribution in [-0.2, 0) is 6.54 Å². The van der Waals surface area contributed by atoms with Crippen LogP contribution >= 0.6 is 0 Å². The molecule has 3 heteroatoms. The number of nitrogen functional groups attached to an aromatic ring is 1. The summed E-state index contributed by atoms with van der Waals surface area (Å²) in [4.78, 5) is 0. The number of hydrogen-bond donors (Lipinski definition) is 2. The van der Waals surface area contributed by atoms with E-state index in [-0.39, 0.29) is 5.82 Å². The Morgan fingerprint density at radius 3 is 2.56 bits per heavy atom. The highest BCUT2D eigenvalue weighted by Gasteiger charge is 2.04. The highest BCUT2D eigenvalue weighted by atomic mass is 19.1. The van der Waals surface area contributed by atoms with Crippen molar-refractivity contribution in [3.63, 3.8) is 0 Å². The maximum Gasteiger partial charge on any atom is 0.123 e. The van der Waals surface area contributed by atoms with Gasteiger partial charge in [-0.05, 0) is 35.4 Å². The van der Waals surface area contributed by atoms with Crippen LogP contribution in [0.4, 0.5) is 10.1 Å². The largest absolute Gasteiger partial charge is 0.398 e. The first kappa shape index (κ1) is 10.6. The van der Waals surface area contributed by atoms with Gasteiger partial charge < -0.3 is 11.5 Å². The second-order valence-electron chi connectivity index (χ2n) is 3.64. The van der Waals surface area contributed by atoms with Crippen molar-refractivity contribution < 1.29 is 4.39 Å². The fraction of sp³-hybridized carbons (Fsp3) is 0.0769. The van der Waals surface area contributed by atoms with E-state index in [0.717, 1.165) is 16.7 Å². The number of halogens is 1. The predicted molar refractivity (Wildman–Crippen MR) is 64.1 cm³/mol. The number of hydrogen-bond acceptors (Lipinski definition) is 2. The van der Waals surface area contributed by atoms with Crippen molar-refractivity contribution in [3.05, 3.63) is 53.8 Å². The Labute approximate surface area is 93.7 Å². The van der Waals surface area contributed by atoms with Crippen LogP contribution in [0.2, 0.25) is 0 Å². The lowest BCUT2D eigenvalue weighted by Gasteiger charge is -2.08. The first-order valence-corrected chi connectivity index (χ1v) is 5.05. The summed E-state index contributed by atoms with van der Waals surface area (Å²) in [7, 11) is 0. The normalized spacial score (nSPS) is 10.4. The summed E-state index contributed by atoms with van der Waals surface area (Å²) < 4.78 is 13.1. The molecule has 0 spiro atoms. The molecule has 0 amide bonds. The molecule has 0 fully saturated rings. The zero-order valence-electron chi connectivity index (χ0n) is 8.78. The van der Waals surface area contributed by atoms with Crippen LogP contribution in [0.3, 0.4) is 0 Å². The van der Waals surface area contributed by atoms with Gasteiger partial charge in [0, 0.05) is 17.8 Å². The van der Waals surface area contributed by atoms with Gasteiger partial charge in [-0.3, -0.25) is 0 Å². The number of nitrogens with two attached hydrogens (primary N) is 2. The van der Waals surface area contributed by atoms with Gasteiger partial charge in [0.15, 0.2) is 0 Å². The van der Waals surface area contributed by atoms with Crippen molar-refractivity contribution in [1.82, 2.24) is 0 Å². The van der Waals surface area contributed by atoms with E-state index in [1.165, 1.54) is 12.1 Å². The molecule has 2 aromatic rings. The van der Waals surface area contributed by atoms with Crippen molar-refractivity contribution in [1.29, 1.82) is 0 Å². The van der Waals surface area contributed by atoms with E-state index in [4.69, 9.17) is 11.5 Å². The van der Waals surface area contributed by atoms with Gasteiger partial charge in [-0.2, -0.15) is 0 Å². The molecule has 2 aromatic carbocycles. The molecule has 2 nitrogen and oxygen atoms in total. The molecule has 4 N–H and O–H groups in total. The van der Waals surface area contributed by atoms with Crippen LogP contribution in [0.15, 0.2) is 42.5 Å². The van der Waals surface area contributed by atoms with Gasteiger partial charge in [0.2, 0.25) is 0 Å². The molecule has 16 heavy (non-hydrogen) atoms. The fourth-order valence-electron chi connectivity index (χ4n) is 1.64. The zero-order chi connectivity index (χ0) is 11.5. The summed E-state index contributed by atoms with van der Waals surface area (Å²) in [5.41, 5.74) is 14.6. The summed E-state index contributed by atoms with van der Waals surface area (Å²) >= 11 is 0. The Hall–Kier alpha value is -1.87. The third-order valence-corrected chi connectivity index (χ3v) is 2.49. The van der Waals surface area contributed by atoms with Gasteiger partial charge in [-0.1, -0.05) is 18.2 Å². The molecule has 0 saturated heterocycles. The molecular weight excluding hydrogens is 203 g/mol. The van der Waals surface area contributed by atoms with Crippen LogP contribution in [0.1, 0.15) is 5.56 Å². The first-order chi connectivity index (χ1) is 7.70. The predicted octanol–water partition coefficient (Wildman–Crippen LogP) is 2.53. The summed E-state index contributed by atoms with van der Waals surface area (Å²) in [6.45, 7) is 0.447. The van der Waals surface area contributed by atoms with E-state index in [0.29, 0.717) is 12.2 Å². The Morgan fingerprint density at radius 1 is 1.06 bits per heavy atom. The highest BCUT2D eigenvalue weighted by molar-refractivity contribution is 5.76. The lowest BCUT2D eigenvalue weighted by Crippen LogP contribution is -1.98. The molecule has 0 aromatic heterocycles. The molecule has 0 bridgehead atoms. The van der Waals surface area contributed by atoms with Gasteiger partial charge in [-0.15, -0.1) is 0 Å². The first-order valence-electron chi connectivity index (χ1n) is 5.05. The summed E-state index contributed by atoms with van der Waals surface area (Å²) in [5, 5.41) is 0. The zero-order valence-corrected chi connectivity index (χ0v) is 8.78. The van der Waals surface area contributed by atoms with Crippen molar-refractivity contribution in [2.45, 2.75) is 6.54 Å². The highest BCUT2D eigenvalue weighted by Crippen LogP contribution is 2.27. The molecule has 0 aliphatic carbocycles. The van der Waals surface area contributed by atoms with E-state index in [9.17, 15) is 4.39 Å². The summed E-state index contributed by atoms with van der Waals surface area (Å²) in [5.74, 6) is -0.268. The standard InChI is InChI=1S/C13H13FN2/c14-11-3-1-2-10(7-11)12-6-9(8-15)4-5-13(12)16/h1-7H,8,15-16H2. The van der Waals surface area contributed by atoms with Crippen LogP contribution in [0.25, 0.3) is 11.1 Å². The molecule has 0 saturated carbocycles. The quantitative estimate of drug-likeness (QED) is 0.758. The molecule has 82 valence electrons. The van der Waals surface area contributed by atoms with E-state index >= 15 is 0 Å². The second-order valence-corrected chi connectivity index (χ2v) is 3.64. The van der Waals surface area contributed by atoms with Crippen LogP contribution in [-0.4, -0.2) is 0 Å². The summed E-state index contributed by atoms with van der Waals surface area (Å²) in [6.07, 6.45) is 0. The van der Waals surface area contributed by atoms with E-state index in [2.05, 4.69) is 0 Å². The van der Waals surface area contributed by atoms with E-state index < -0.39 is 0 Å². The molecule has 0 unspecified atom stereocenters. The summed E-state index contributed by atoms with van der Waals surface area (Å²) in [6, 6.07) is 11.9. The van der Waals surface area contributed by atoms with Gasteiger partial charge in [0.25, 0.3) is 0 Å². The maximum absolute atomic E-state index is 13.1. The Balaban J connectivity index is 2.54. The van der Waals surface area contributed by atoms with Crippen molar-refractivity contribution in [3.8, 4) is 11.1 Å². The van der Waals surface area contributed by atoms with E-state index in [1.807, 2.05) is 18.2 Å². The molecule has 0 radical (unpaired) electrons. The molecular formula is C13H13FN2. The fourth-order valence-corrected chi connectivity index (χ4v) is 1.64. The third-order valence-electron chi connectivity index (χ3n) is 2.49. The van der Waals surface area contributed by atoms with Crippen molar-refractivity contribution in [2.75, 3.05) is 5.73 Å². The third kappa shape index (κ3) is 2.04. The smallest absolute Gasteiger partial charge is 0.123 e. The molecule has 2 rings (SSSR count). The second kappa shape index (κ2) is 4.33. The van der Waals surface area contributed by atoms with Crippen molar-refractivity contribution >= 4 is 5.69 Å². The van der Waals surface area contributed by atoms with Crippen LogP contribution in [0.5, 0.6) is 0 Å². The average Bonchev–Trinajstić information content (AvgIpc) is 2.30. The van der Waals surface area contributed by atoms with Gasteiger partial charge >= 0.3 is 0 Å². The van der Waals surface area contributed by atoms with Crippen molar-refractivity contribution in [2.24, 2.45) is 5.73 Å². The van der Waals surface area contributed by atoms with Gasteiger partial charge in [0.05, 0.1) is 0 Å².